The Balaban J connectivity index is 0.967. The summed E-state index contributed by atoms with van der Waals surface area (Å²) in [6.07, 6.45) is 4.32. The van der Waals surface area contributed by atoms with Gasteiger partial charge in [-0.3, -0.25) is 9.78 Å². The van der Waals surface area contributed by atoms with Crippen LogP contribution in [-0.2, 0) is 27.2 Å². The van der Waals surface area contributed by atoms with Crippen LogP contribution in [0.25, 0.3) is 11.0 Å². The Labute approximate surface area is 251 Å². The van der Waals surface area contributed by atoms with Crippen LogP contribution in [0.1, 0.15) is 43.4 Å². The number of carbonyl (C=O) groups excluding carboxylic acids is 1. The molecule has 1 unspecified atom stereocenters. The fourth-order valence-electron chi connectivity index (χ4n) is 6.40. The second-order valence-corrected chi connectivity index (χ2v) is 11.9. The van der Waals surface area contributed by atoms with Crippen LogP contribution in [0.15, 0.2) is 30.5 Å². The highest BCUT2D eigenvalue weighted by atomic mass is 19.1. The zero-order chi connectivity index (χ0) is 30.3. The molecule has 3 aromatic rings. The predicted octanol–water partition coefficient (Wildman–Crippen LogP) is 2.71. The molecule has 3 aromatic heterocycles. The minimum atomic E-state index is -1.12. The Hall–Kier alpha value is -4.14. The van der Waals surface area contributed by atoms with Gasteiger partial charge < -0.3 is 40.0 Å². The third-order valence-corrected chi connectivity index (χ3v) is 9.16. The summed E-state index contributed by atoms with van der Waals surface area (Å²) in [6, 6.07) is 6.77. The van der Waals surface area contributed by atoms with Gasteiger partial charge in [0, 0.05) is 23.7 Å². The second kappa shape index (κ2) is 11.4. The van der Waals surface area contributed by atoms with Crippen LogP contribution < -0.4 is 25.4 Å². The van der Waals surface area contributed by atoms with Crippen LogP contribution in [0, 0.1) is 5.82 Å². The number of aromatic nitrogens is 3. The van der Waals surface area contributed by atoms with Gasteiger partial charge in [-0.05, 0) is 56.7 Å². The third-order valence-electron chi connectivity index (χ3n) is 9.16. The standard InChI is InChI=1S/C30H33FN6O7/c31-19-12-32-20-2-4-25(43-14-23-21(13-41-23)35-28(39)40)37-26(20)18(19)5-6-30-9-7-29(8-10-30,16-44-30)33-11-17-1-3-22-27(34-17)36-24(38)15-42-22/h1-4,12,21,23,33,35H,5-11,13-16H2,(H,39,40)(H,34,36,38)/t21-,23?,29?,30?/m1/s1. The van der Waals surface area contributed by atoms with Crippen LogP contribution in [-0.4, -0.2) is 81.8 Å². The zero-order valence-corrected chi connectivity index (χ0v) is 23.9. The molecule has 1 saturated carbocycles. The number of amides is 2. The average molecular weight is 609 g/mol. The minimum Gasteiger partial charge on any atom is -0.480 e. The Morgan fingerprint density at radius 1 is 1.18 bits per heavy atom. The molecule has 232 valence electrons. The van der Waals surface area contributed by atoms with E-state index in [0.717, 1.165) is 31.4 Å². The summed E-state index contributed by atoms with van der Waals surface area (Å²) in [5.74, 6) is 0.665. The van der Waals surface area contributed by atoms with Crippen LogP contribution in [0.2, 0.25) is 0 Å². The highest BCUT2D eigenvalue weighted by Gasteiger charge is 2.49. The second-order valence-electron chi connectivity index (χ2n) is 11.9. The van der Waals surface area contributed by atoms with Crippen LogP contribution >= 0.6 is 0 Å². The van der Waals surface area contributed by atoms with Crippen LogP contribution in [0.3, 0.4) is 0 Å². The Morgan fingerprint density at radius 3 is 2.80 bits per heavy atom. The smallest absolute Gasteiger partial charge is 0.405 e. The summed E-state index contributed by atoms with van der Waals surface area (Å²) in [4.78, 5) is 35.9. The van der Waals surface area contributed by atoms with Crippen molar-refractivity contribution < 1.29 is 38.0 Å². The lowest BCUT2D eigenvalue weighted by atomic mass is 9.69. The van der Waals surface area contributed by atoms with E-state index in [1.54, 1.807) is 12.1 Å². The first-order valence-corrected chi connectivity index (χ1v) is 14.8. The van der Waals surface area contributed by atoms with Crippen molar-refractivity contribution in [1.29, 1.82) is 0 Å². The van der Waals surface area contributed by atoms with E-state index in [4.69, 9.17) is 24.1 Å². The van der Waals surface area contributed by atoms with Crippen molar-refractivity contribution >= 4 is 28.9 Å². The lowest BCUT2D eigenvalue weighted by molar-refractivity contribution is -0.165. The Kier molecular flexibility index (Phi) is 7.42. The molecule has 7 heterocycles. The number of ether oxygens (including phenoxy) is 4. The van der Waals surface area contributed by atoms with E-state index in [0.29, 0.717) is 60.0 Å². The molecule has 0 radical (unpaired) electrons. The molecular formula is C30H33FN6O7. The maximum Gasteiger partial charge on any atom is 0.405 e. The van der Waals surface area contributed by atoms with Gasteiger partial charge in [-0.1, -0.05) is 0 Å². The minimum absolute atomic E-state index is 0.00327. The molecule has 5 aliphatic rings. The number of carbonyl (C=O) groups is 2. The predicted molar refractivity (Wildman–Crippen MR) is 153 cm³/mol. The van der Waals surface area contributed by atoms with E-state index in [1.165, 1.54) is 6.20 Å². The number of pyridine rings is 3. The molecule has 2 bridgehead atoms. The number of fused-ring (bicyclic) bond motifs is 5. The van der Waals surface area contributed by atoms with Gasteiger partial charge in [0.2, 0.25) is 5.88 Å². The molecule has 44 heavy (non-hydrogen) atoms. The van der Waals surface area contributed by atoms with Gasteiger partial charge in [0.1, 0.15) is 18.5 Å². The summed E-state index contributed by atoms with van der Waals surface area (Å²) in [5.41, 5.74) is 1.78. The van der Waals surface area contributed by atoms with E-state index < -0.39 is 18.0 Å². The van der Waals surface area contributed by atoms with Gasteiger partial charge in [-0.15, -0.1) is 0 Å². The number of aryl methyl sites for hydroxylation is 1. The maximum absolute atomic E-state index is 15.1. The lowest BCUT2D eigenvalue weighted by Crippen LogP contribution is -2.61. The molecule has 4 aliphatic heterocycles. The van der Waals surface area contributed by atoms with E-state index in [-0.39, 0.29) is 42.9 Å². The first-order valence-electron chi connectivity index (χ1n) is 14.8. The summed E-state index contributed by atoms with van der Waals surface area (Å²) in [6.45, 7) is 1.48. The molecule has 0 aromatic carbocycles. The normalized spacial score (nSPS) is 27.2. The van der Waals surface area contributed by atoms with Crippen molar-refractivity contribution in [2.45, 2.75) is 68.4 Å². The molecule has 13 nitrogen and oxygen atoms in total. The SMILES string of the molecule is O=C(O)N[C@@H]1COC1COc1ccc2ncc(F)c(CCC34CCC(NCc5ccc6c(n5)NC(=O)CO6)(CC3)CO4)c2n1. The number of carboxylic acid groups (broad SMARTS) is 1. The van der Waals surface area contributed by atoms with E-state index in [2.05, 4.69) is 30.9 Å². The molecule has 14 heteroatoms. The quantitative estimate of drug-likeness (QED) is 0.267. The summed E-state index contributed by atoms with van der Waals surface area (Å²) in [7, 11) is 0. The first-order chi connectivity index (χ1) is 21.3. The number of halogens is 1. The van der Waals surface area contributed by atoms with Crippen LogP contribution in [0.5, 0.6) is 11.6 Å². The van der Waals surface area contributed by atoms with Crippen molar-refractivity contribution in [3.63, 3.8) is 0 Å². The zero-order valence-electron chi connectivity index (χ0n) is 23.9. The summed E-state index contributed by atoms with van der Waals surface area (Å²) < 4.78 is 38.2. The number of nitrogens with one attached hydrogen (secondary N) is 3. The number of hydrogen-bond acceptors (Lipinski definition) is 10. The van der Waals surface area contributed by atoms with Crippen molar-refractivity contribution in [1.82, 2.24) is 25.6 Å². The van der Waals surface area contributed by atoms with Crippen molar-refractivity contribution in [2.24, 2.45) is 0 Å². The maximum atomic E-state index is 15.1. The van der Waals surface area contributed by atoms with E-state index in [9.17, 15) is 9.59 Å². The average Bonchev–Trinajstić information content (AvgIpc) is 3.02. The summed E-state index contributed by atoms with van der Waals surface area (Å²) in [5, 5.41) is 17.7. The Bertz CT molecular complexity index is 1580. The van der Waals surface area contributed by atoms with Crippen molar-refractivity contribution in [3.05, 3.63) is 47.5 Å². The van der Waals surface area contributed by atoms with Crippen LogP contribution in [0.4, 0.5) is 15.0 Å². The molecule has 2 amide bonds. The lowest BCUT2D eigenvalue weighted by Gasteiger charge is -2.53. The number of hydrogen-bond donors (Lipinski definition) is 4. The van der Waals surface area contributed by atoms with Gasteiger partial charge >= 0.3 is 6.09 Å². The van der Waals surface area contributed by atoms with E-state index >= 15 is 4.39 Å². The molecule has 4 N–H and O–H groups in total. The highest BCUT2D eigenvalue weighted by Crippen LogP contribution is 2.46. The molecule has 2 atom stereocenters. The Morgan fingerprint density at radius 2 is 2.05 bits per heavy atom. The van der Waals surface area contributed by atoms with Gasteiger partial charge in [-0.25, -0.2) is 19.2 Å². The van der Waals surface area contributed by atoms with E-state index in [1.807, 2.05) is 12.1 Å². The van der Waals surface area contributed by atoms with Gasteiger partial charge in [-0.2, -0.15) is 0 Å². The number of anilines is 1. The monoisotopic (exact) mass is 608 g/mol. The van der Waals surface area contributed by atoms with Crippen molar-refractivity contribution in [2.75, 3.05) is 31.7 Å². The number of rotatable bonds is 10. The fraction of sp³-hybridized carbons (Fsp3) is 0.500. The first kappa shape index (κ1) is 28.6. The van der Waals surface area contributed by atoms with Gasteiger partial charge in [0.25, 0.3) is 5.91 Å². The van der Waals surface area contributed by atoms with Gasteiger partial charge in [0.05, 0.1) is 47.8 Å². The third kappa shape index (κ3) is 5.72. The molecule has 0 spiro atoms. The highest BCUT2D eigenvalue weighted by molar-refractivity contribution is 5.94. The summed E-state index contributed by atoms with van der Waals surface area (Å²) >= 11 is 0. The molecule has 1 aliphatic carbocycles. The topological polar surface area (TPSA) is 166 Å². The molecule has 8 rings (SSSR count). The molecule has 3 saturated heterocycles. The largest absolute Gasteiger partial charge is 0.480 e. The molecular weight excluding hydrogens is 575 g/mol. The molecule has 4 fully saturated rings. The van der Waals surface area contributed by atoms with Crippen molar-refractivity contribution in [3.8, 4) is 11.6 Å². The fourth-order valence-corrected chi connectivity index (χ4v) is 6.40. The van der Waals surface area contributed by atoms with Gasteiger partial charge in [0.15, 0.2) is 18.2 Å². The number of nitrogens with zero attached hydrogens (tertiary/aromatic N) is 3.